The van der Waals surface area contributed by atoms with Gasteiger partial charge >= 0.3 is 5.97 Å². The Morgan fingerprint density at radius 3 is 2.43 bits per heavy atom. The van der Waals surface area contributed by atoms with E-state index in [2.05, 4.69) is 5.32 Å². The van der Waals surface area contributed by atoms with E-state index in [1.807, 2.05) is 31.2 Å². The molecule has 0 saturated carbocycles. The molecule has 0 aliphatic rings. The fourth-order valence-corrected chi connectivity index (χ4v) is 2.21. The first-order chi connectivity index (χ1) is 10.0. The summed E-state index contributed by atoms with van der Waals surface area (Å²) in [6.45, 7) is 2.00. The smallest absolute Gasteiger partial charge is 0.335 e. The number of hydrogen-bond donors (Lipinski definition) is 2. The largest absolute Gasteiger partial charge is 0.497 e. The molecule has 2 N–H and O–H groups in total. The lowest BCUT2D eigenvalue weighted by atomic mass is 10.1. The molecule has 0 aromatic heterocycles. The van der Waals surface area contributed by atoms with Gasteiger partial charge in [0.1, 0.15) is 5.75 Å². The second kappa shape index (κ2) is 6.50. The number of carbonyl (C=O) groups is 1. The van der Waals surface area contributed by atoms with Gasteiger partial charge in [-0.05, 0) is 42.8 Å². The number of halogens is 1. The lowest BCUT2D eigenvalue weighted by Gasteiger charge is -2.17. The van der Waals surface area contributed by atoms with Crippen molar-refractivity contribution < 1.29 is 14.6 Å². The average molecular weight is 306 g/mol. The van der Waals surface area contributed by atoms with E-state index in [1.54, 1.807) is 13.2 Å². The summed E-state index contributed by atoms with van der Waals surface area (Å²) in [6, 6.07) is 12.4. The van der Waals surface area contributed by atoms with Gasteiger partial charge < -0.3 is 15.2 Å². The molecule has 1 unspecified atom stereocenters. The Balaban J connectivity index is 2.14. The van der Waals surface area contributed by atoms with Crippen LogP contribution in [0.3, 0.4) is 0 Å². The number of ether oxygens (including phenoxy) is 1. The van der Waals surface area contributed by atoms with Crippen molar-refractivity contribution in [3.05, 3.63) is 58.6 Å². The third-order valence-electron chi connectivity index (χ3n) is 3.20. The van der Waals surface area contributed by atoms with Crippen LogP contribution in [0.2, 0.25) is 5.02 Å². The van der Waals surface area contributed by atoms with Crippen LogP contribution in [0.15, 0.2) is 42.5 Å². The Hall–Kier alpha value is -2.20. The fourth-order valence-electron chi connectivity index (χ4n) is 1.97. The minimum Gasteiger partial charge on any atom is -0.497 e. The number of carboxylic acid groups (broad SMARTS) is 1. The molecule has 0 amide bonds. The molecule has 21 heavy (non-hydrogen) atoms. The zero-order chi connectivity index (χ0) is 15.4. The molecule has 0 aliphatic heterocycles. The van der Waals surface area contributed by atoms with Crippen LogP contribution in [-0.2, 0) is 0 Å². The normalized spacial score (nSPS) is 11.8. The number of carboxylic acids is 1. The lowest BCUT2D eigenvalue weighted by Crippen LogP contribution is -2.07. The Morgan fingerprint density at radius 2 is 1.90 bits per heavy atom. The number of nitrogens with one attached hydrogen (secondary N) is 1. The highest BCUT2D eigenvalue weighted by atomic mass is 35.5. The average Bonchev–Trinajstić information content (AvgIpc) is 2.49. The standard InChI is InChI=1S/C16H16ClNO3/c1-10(11-3-6-13(21-2)7-4-11)18-15-8-5-12(16(19)20)9-14(15)17/h3-10,18H,1-2H3,(H,19,20). The monoisotopic (exact) mass is 305 g/mol. The van der Waals surface area contributed by atoms with Crippen molar-refractivity contribution >= 4 is 23.3 Å². The summed E-state index contributed by atoms with van der Waals surface area (Å²) in [7, 11) is 1.63. The summed E-state index contributed by atoms with van der Waals surface area (Å²) >= 11 is 6.11. The van der Waals surface area contributed by atoms with Gasteiger partial charge in [0.25, 0.3) is 0 Å². The van der Waals surface area contributed by atoms with E-state index in [0.717, 1.165) is 11.3 Å². The van der Waals surface area contributed by atoms with E-state index in [4.69, 9.17) is 21.4 Å². The van der Waals surface area contributed by atoms with Gasteiger partial charge in [-0.15, -0.1) is 0 Å². The third kappa shape index (κ3) is 3.67. The van der Waals surface area contributed by atoms with Crippen molar-refractivity contribution in [1.82, 2.24) is 0 Å². The van der Waals surface area contributed by atoms with Gasteiger partial charge in [0.2, 0.25) is 0 Å². The molecule has 0 fully saturated rings. The maximum Gasteiger partial charge on any atom is 0.335 e. The molecule has 5 heteroatoms. The SMILES string of the molecule is COc1ccc(C(C)Nc2ccc(C(=O)O)cc2Cl)cc1. The van der Waals surface area contributed by atoms with E-state index >= 15 is 0 Å². The summed E-state index contributed by atoms with van der Waals surface area (Å²) in [4.78, 5) is 10.9. The zero-order valence-electron chi connectivity index (χ0n) is 11.8. The van der Waals surface area contributed by atoms with Crippen LogP contribution in [0.25, 0.3) is 0 Å². The van der Waals surface area contributed by atoms with Crippen molar-refractivity contribution in [3.63, 3.8) is 0 Å². The molecular formula is C16H16ClNO3. The first-order valence-corrected chi connectivity index (χ1v) is 6.82. The van der Waals surface area contributed by atoms with Crippen LogP contribution in [-0.4, -0.2) is 18.2 Å². The zero-order valence-corrected chi connectivity index (χ0v) is 12.5. The summed E-state index contributed by atoms with van der Waals surface area (Å²) in [5, 5.41) is 12.6. The van der Waals surface area contributed by atoms with E-state index in [-0.39, 0.29) is 11.6 Å². The number of anilines is 1. The second-order valence-corrected chi connectivity index (χ2v) is 5.05. The summed E-state index contributed by atoms with van der Waals surface area (Å²) < 4.78 is 5.12. The molecule has 2 rings (SSSR count). The van der Waals surface area contributed by atoms with Crippen LogP contribution in [0.5, 0.6) is 5.75 Å². The van der Waals surface area contributed by atoms with Crippen LogP contribution in [0, 0.1) is 0 Å². The second-order valence-electron chi connectivity index (χ2n) is 4.64. The molecule has 110 valence electrons. The summed E-state index contributed by atoms with van der Waals surface area (Å²) in [6.07, 6.45) is 0. The minimum absolute atomic E-state index is 0.0316. The molecule has 1 atom stereocenters. The predicted octanol–water partition coefficient (Wildman–Crippen LogP) is 4.22. The van der Waals surface area contributed by atoms with E-state index in [0.29, 0.717) is 10.7 Å². The number of aromatic carboxylic acids is 1. The first-order valence-electron chi connectivity index (χ1n) is 6.44. The fraction of sp³-hybridized carbons (Fsp3) is 0.188. The van der Waals surface area contributed by atoms with Gasteiger partial charge in [-0.25, -0.2) is 4.79 Å². The Labute approximate surface area is 128 Å². The summed E-state index contributed by atoms with van der Waals surface area (Å²) in [5.74, 6) is -0.193. The molecule has 0 aliphatic carbocycles. The van der Waals surface area contributed by atoms with Gasteiger partial charge in [0.15, 0.2) is 0 Å². The van der Waals surface area contributed by atoms with Crippen molar-refractivity contribution in [2.75, 3.05) is 12.4 Å². The quantitative estimate of drug-likeness (QED) is 0.868. The topological polar surface area (TPSA) is 58.6 Å². The molecule has 0 saturated heterocycles. The molecule has 4 nitrogen and oxygen atoms in total. The molecule has 2 aromatic carbocycles. The maximum atomic E-state index is 10.9. The van der Waals surface area contributed by atoms with E-state index in [9.17, 15) is 4.79 Å². The molecule has 0 heterocycles. The number of rotatable bonds is 5. The molecule has 0 radical (unpaired) electrons. The third-order valence-corrected chi connectivity index (χ3v) is 3.52. The van der Waals surface area contributed by atoms with Crippen molar-refractivity contribution in [2.45, 2.75) is 13.0 Å². The highest BCUT2D eigenvalue weighted by molar-refractivity contribution is 6.33. The van der Waals surface area contributed by atoms with Crippen LogP contribution >= 0.6 is 11.6 Å². The van der Waals surface area contributed by atoms with E-state index < -0.39 is 5.97 Å². The van der Waals surface area contributed by atoms with Crippen LogP contribution in [0.1, 0.15) is 28.9 Å². The Kier molecular flexibility index (Phi) is 4.70. The molecule has 0 spiro atoms. The van der Waals surface area contributed by atoms with Gasteiger partial charge in [-0.3, -0.25) is 0 Å². The lowest BCUT2D eigenvalue weighted by molar-refractivity contribution is 0.0697. The Bertz CT molecular complexity index is 640. The van der Waals surface area contributed by atoms with Crippen molar-refractivity contribution in [2.24, 2.45) is 0 Å². The minimum atomic E-state index is -0.994. The molecule has 2 aromatic rings. The number of benzene rings is 2. The molecule has 0 bridgehead atoms. The van der Waals surface area contributed by atoms with Gasteiger partial charge in [-0.2, -0.15) is 0 Å². The van der Waals surface area contributed by atoms with Crippen molar-refractivity contribution in [1.29, 1.82) is 0 Å². The van der Waals surface area contributed by atoms with Gasteiger partial charge in [0.05, 0.1) is 23.4 Å². The highest BCUT2D eigenvalue weighted by Crippen LogP contribution is 2.28. The van der Waals surface area contributed by atoms with Gasteiger partial charge in [-0.1, -0.05) is 23.7 Å². The summed E-state index contributed by atoms with van der Waals surface area (Å²) in [5.41, 5.74) is 1.95. The number of hydrogen-bond acceptors (Lipinski definition) is 3. The Morgan fingerprint density at radius 1 is 1.24 bits per heavy atom. The van der Waals surface area contributed by atoms with E-state index in [1.165, 1.54) is 12.1 Å². The maximum absolute atomic E-state index is 10.9. The van der Waals surface area contributed by atoms with Crippen LogP contribution < -0.4 is 10.1 Å². The first kappa shape index (κ1) is 15.2. The van der Waals surface area contributed by atoms with Crippen molar-refractivity contribution in [3.8, 4) is 5.75 Å². The van der Waals surface area contributed by atoms with Crippen LogP contribution in [0.4, 0.5) is 5.69 Å². The highest BCUT2D eigenvalue weighted by Gasteiger charge is 2.10. The van der Waals surface area contributed by atoms with Gasteiger partial charge in [0, 0.05) is 6.04 Å². The predicted molar refractivity (Wildman–Crippen MR) is 83.4 cm³/mol. The molecular weight excluding hydrogens is 290 g/mol. The number of methoxy groups -OCH3 is 1.